The molecule has 0 spiro atoms. The number of rotatable bonds is 17. The van der Waals surface area contributed by atoms with Gasteiger partial charge in [-0.2, -0.15) is 0 Å². The first-order chi connectivity index (χ1) is 15.6. The SMILES string of the molecule is CCCCCCCCOC(=O)c1cccc(/C=N/N=C(\[NH-])SCCCCCCCC)c1O.O.[Cu+]. The van der Waals surface area contributed by atoms with Crippen LogP contribution in [0.3, 0.4) is 0 Å². The molecule has 0 amide bonds. The van der Waals surface area contributed by atoms with Crippen molar-refractivity contribution in [1.29, 1.82) is 0 Å². The van der Waals surface area contributed by atoms with Gasteiger partial charge in [0.2, 0.25) is 0 Å². The Kier molecular flexibility index (Phi) is 23.6. The normalized spacial score (nSPS) is 11.2. The van der Waals surface area contributed by atoms with Gasteiger partial charge < -0.3 is 26.2 Å². The molecular weight excluding hydrogens is 502 g/mol. The van der Waals surface area contributed by atoms with Crippen LogP contribution in [0.2, 0.25) is 0 Å². The largest absolute Gasteiger partial charge is 1.00 e. The fraction of sp³-hybridized carbons (Fsp3) is 0.640. The van der Waals surface area contributed by atoms with E-state index in [2.05, 4.69) is 24.1 Å². The Hall–Kier alpha value is -1.54. The van der Waals surface area contributed by atoms with Crippen LogP contribution in [-0.2, 0) is 21.8 Å². The Morgan fingerprint density at radius 1 is 1.00 bits per heavy atom. The summed E-state index contributed by atoms with van der Waals surface area (Å²) in [7, 11) is 0. The molecule has 7 nitrogen and oxygen atoms in total. The minimum Gasteiger partial charge on any atom is -0.506 e. The van der Waals surface area contributed by atoms with Crippen LogP contribution in [0.5, 0.6) is 5.75 Å². The fourth-order valence-electron chi connectivity index (χ4n) is 3.18. The first-order valence-electron chi connectivity index (χ1n) is 12.0. The second-order valence-electron chi connectivity index (χ2n) is 7.91. The van der Waals surface area contributed by atoms with E-state index in [1.165, 1.54) is 75.4 Å². The van der Waals surface area contributed by atoms with E-state index in [9.17, 15) is 9.90 Å². The molecule has 0 heterocycles. The van der Waals surface area contributed by atoms with Crippen LogP contribution >= 0.6 is 11.8 Å². The number of benzene rings is 1. The Balaban J connectivity index is 0. The number of esters is 1. The van der Waals surface area contributed by atoms with E-state index in [0.717, 1.165) is 31.4 Å². The van der Waals surface area contributed by atoms with Crippen LogP contribution in [0.25, 0.3) is 5.73 Å². The van der Waals surface area contributed by atoms with Crippen molar-refractivity contribution in [3.8, 4) is 5.75 Å². The average Bonchev–Trinajstić information content (AvgIpc) is 2.79. The van der Waals surface area contributed by atoms with Gasteiger partial charge in [0.15, 0.2) is 0 Å². The number of nitrogens with one attached hydrogen (secondary N) is 1. The van der Waals surface area contributed by atoms with Gasteiger partial charge in [-0.1, -0.05) is 84.1 Å². The molecular formula is C25H42CuN3O4S. The predicted molar refractivity (Wildman–Crippen MR) is 141 cm³/mol. The molecule has 0 aliphatic rings. The minimum atomic E-state index is -0.537. The zero-order valence-corrected chi connectivity index (χ0v) is 22.3. The molecule has 0 bridgehead atoms. The van der Waals surface area contributed by atoms with Crippen molar-refractivity contribution < 1.29 is 37.2 Å². The van der Waals surface area contributed by atoms with Gasteiger partial charge in [-0.05, 0) is 35.9 Å². The number of ether oxygens (including phenoxy) is 1. The van der Waals surface area contributed by atoms with Crippen molar-refractivity contribution in [2.75, 3.05) is 12.4 Å². The molecule has 0 radical (unpaired) electrons. The Bertz CT molecular complexity index is 717. The van der Waals surface area contributed by atoms with Gasteiger partial charge in [0, 0.05) is 11.8 Å². The minimum absolute atomic E-state index is 0. The molecule has 9 heteroatoms. The van der Waals surface area contributed by atoms with Crippen LogP contribution in [0.1, 0.15) is 107 Å². The van der Waals surface area contributed by atoms with E-state index >= 15 is 0 Å². The molecule has 0 fully saturated rings. The fourth-order valence-corrected chi connectivity index (χ4v) is 3.83. The maximum atomic E-state index is 12.3. The summed E-state index contributed by atoms with van der Waals surface area (Å²) in [5.41, 5.74) is 8.35. The standard InChI is InChI=1S/C25H41N3O3S.Cu.H2O/c1-3-5-7-9-11-13-18-31-24(30)22-17-15-16-21(23(22)29)20-27-28-25(26)32-19-14-12-10-8-6-4-2;;/h15-17,20H,3-14,18-19H2,1-2H3,(H3,26,27,28,29,30);;1H2/q;+1;/p-1. The number of phenols is 1. The molecule has 0 aliphatic heterocycles. The molecule has 4 N–H and O–H groups in total. The van der Waals surface area contributed by atoms with Gasteiger partial charge in [-0.3, -0.25) is 5.10 Å². The van der Waals surface area contributed by atoms with Gasteiger partial charge in [0.1, 0.15) is 11.3 Å². The van der Waals surface area contributed by atoms with Crippen LogP contribution < -0.4 is 0 Å². The zero-order chi connectivity index (χ0) is 23.4. The molecule has 0 atom stereocenters. The number of nitrogens with zero attached hydrogens (tertiary/aromatic N) is 2. The number of phenolic OH excluding ortho intramolecular Hbond substituents is 1. The van der Waals surface area contributed by atoms with Gasteiger partial charge in [0.05, 0.1) is 6.61 Å². The van der Waals surface area contributed by atoms with Gasteiger partial charge in [0.25, 0.3) is 0 Å². The summed E-state index contributed by atoms with van der Waals surface area (Å²) in [6.45, 7) is 4.74. The maximum Gasteiger partial charge on any atom is 1.00 e. The third-order valence-corrected chi connectivity index (χ3v) is 5.95. The first kappa shape index (κ1) is 34.6. The van der Waals surface area contributed by atoms with Gasteiger partial charge in [-0.25, -0.2) is 4.79 Å². The van der Waals surface area contributed by atoms with E-state index < -0.39 is 5.97 Å². The summed E-state index contributed by atoms with van der Waals surface area (Å²) < 4.78 is 5.29. The second kappa shape index (κ2) is 23.2. The van der Waals surface area contributed by atoms with E-state index in [1.807, 2.05) is 0 Å². The number of hydrogen-bond donors (Lipinski definition) is 1. The summed E-state index contributed by atoms with van der Waals surface area (Å²) in [5, 5.41) is 18.3. The van der Waals surface area contributed by atoms with Crippen molar-refractivity contribution in [2.45, 2.75) is 90.9 Å². The molecule has 198 valence electrons. The Labute approximate surface area is 220 Å². The summed E-state index contributed by atoms with van der Waals surface area (Å²) in [4.78, 5) is 12.3. The third-order valence-electron chi connectivity index (χ3n) is 5.10. The van der Waals surface area contributed by atoms with Crippen LogP contribution in [0.15, 0.2) is 28.4 Å². The van der Waals surface area contributed by atoms with Crippen LogP contribution in [0, 0.1) is 0 Å². The number of hydrogen-bond acceptors (Lipinski definition) is 6. The number of aromatic hydroxyl groups is 1. The molecule has 1 aromatic rings. The predicted octanol–water partition coefficient (Wildman–Crippen LogP) is 6.92. The summed E-state index contributed by atoms with van der Waals surface area (Å²) in [5.74, 6) is 0.144. The smallest absolute Gasteiger partial charge is 0.506 e. The molecule has 0 saturated heterocycles. The number of unbranched alkanes of at least 4 members (excludes halogenated alkanes) is 10. The Morgan fingerprint density at radius 3 is 2.24 bits per heavy atom. The van der Waals surface area contributed by atoms with E-state index in [-0.39, 0.29) is 39.0 Å². The molecule has 0 saturated carbocycles. The number of carbonyl (C=O) groups is 1. The molecule has 0 unspecified atom stereocenters. The van der Waals surface area contributed by atoms with Gasteiger partial charge >= 0.3 is 23.0 Å². The molecule has 1 rings (SSSR count). The first-order valence-corrected chi connectivity index (χ1v) is 13.0. The monoisotopic (exact) mass is 543 g/mol. The summed E-state index contributed by atoms with van der Waals surface area (Å²) in [6.07, 6.45) is 15.4. The topological polar surface area (TPSA) is 127 Å². The second-order valence-corrected chi connectivity index (χ2v) is 9.00. The van der Waals surface area contributed by atoms with Crippen molar-refractivity contribution in [3.63, 3.8) is 0 Å². The van der Waals surface area contributed by atoms with Crippen molar-refractivity contribution >= 4 is 29.1 Å². The molecule has 1 aromatic carbocycles. The Morgan fingerprint density at radius 2 is 1.59 bits per heavy atom. The van der Waals surface area contributed by atoms with E-state index in [0.29, 0.717) is 12.2 Å². The van der Waals surface area contributed by atoms with Gasteiger partial charge in [-0.15, -0.1) is 11.8 Å². The molecule has 0 aliphatic carbocycles. The van der Waals surface area contributed by atoms with Crippen molar-refractivity contribution in [2.24, 2.45) is 10.2 Å². The maximum absolute atomic E-state index is 12.3. The van der Waals surface area contributed by atoms with E-state index in [4.69, 9.17) is 10.5 Å². The third kappa shape index (κ3) is 16.1. The number of carbonyl (C=O) groups excluding carboxylic acids is 1. The van der Waals surface area contributed by atoms with Crippen molar-refractivity contribution in [1.82, 2.24) is 0 Å². The zero-order valence-electron chi connectivity index (χ0n) is 20.6. The van der Waals surface area contributed by atoms with Crippen LogP contribution in [-0.4, -0.2) is 40.3 Å². The number of thioether (sulfide) groups is 1. The average molecular weight is 544 g/mol. The van der Waals surface area contributed by atoms with Crippen molar-refractivity contribution in [3.05, 3.63) is 35.1 Å². The number of para-hydroxylation sites is 1. The quantitative estimate of drug-likeness (QED) is 0.0571. The summed E-state index contributed by atoms with van der Waals surface area (Å²) >= 11 is 1.37. The number of amidine groups is 1. The van der Waals surface area contributed by atoms with Crippen LogP contribution in [0.4, 0.5) is 0 Å². The molecule has 0 aromatic heterocycles. The molecule has 34 heavy (non-hydrogen) atoms. The summed E-state index contributed by atoms with van der Waals surface area (Å²) in [6, 6.07) is 4.85. The van der Waals surface area contributed by atoms with E-state index in [1.54, 1.807) is 12.1 Å².